The summed E-state index contributed by atoms with van der Waals surface area (Å²) < 4.78 is 3.78. The number of hydrogen-bond acceptors (Lipinski definition) is 5. The Bertz CT molecular complexity index is 622. The lowest BCUT2D eigenvalue weighted by Crippen LogP contribution is -2.18. The molecule has 0 spiro atoms. The minimum Gasteiger partial charge on any atom is -0.355 e. The Kier molecular flexibility index (Phi) is 4.41. The average Bonchev–Trinajstić information content (AvgIpc) is 2.95. The van der Waals surface area contributed by atoms with E-state index in [1.807, 2.05) is 6.92 Å². The maximum absolute atomic E-state index is 12.1. The molecule has 2 rings (SSSR count). The van der Waals surface area contributed by atoms with Gasteiger partial charge >= 0.3 is 0 Å². The normalized spacial score (nSPS) is 10.1. The van der Waals surface area contributed by atoms with Crippen LogP contribution in [-0.2, 0) is 6.42 Å². The van der Waals surface area contributed by atoms with Gasteiger partial charge in [0.15, 0.2) is 0 Å². The Morgan fingerprint density at radius 2 is 1.90 bits per heavy atom. The van der Waals surface area contributed by atoms with Crippen LogP contribution in [-0.4, -0.2) is 28.4 Å². The van der Waals surface area contributed by atoms with E-state index in [4.69, 9.17) is 0 Å². The molecule has 7 heteroatoms. The number of rotatable bonds is 4. The minimum atomic E-state index is -0.232. The van der Waals surface area contributed by atoms with E-state index in [9.17, 15) is 9.59 Å². The number of anilines is 1. The van der Waals surface area contributed by atoms with Crippen molar-refractivity contribution in [3.8, 4) is 0 Å². The fourth-order valence-electron chi connectivity index (χ4n) is 1.65. The van der Waals surface area contributed by atoms with Gasteiger partial charge in [-0.2, -0.15) is 0 Å². The molecule has 2 N–H and O–H groups in total. The highest BCUT2D eigenvalue weighted by Gasteiger charge is 2.15. The van der Waals surface area contributed by atoms with Crippen molar-refractivity contribution < 1.29 is 9.59 Å². The average molecular weight is 290 g/mol. The van der Waals surface area contributed by atoms with Crippen molar-refractivity contribution in [3.63, 3.8) is 0 Å². The third kappa shape index (κ3) is 3.00. The van der Waals surface area contributed by atoms with Crippen LogP contribution in [0, 0.1) is 0 Å². The molecule has 0 aliphatic heterocycles. The third-order valence-corrected chi connectivity index (χ3v) is 3.50. The van der Waals surface area contributed by atoms with Crippen LogP contribution in [0.2, 0.25) is 0 Å². The molecule has 0 saturated heterocycles. The maximum atomic E-state index is 12.1. The second-order valence-electron chi connectivity index (χ2n) is 4.01. The monoisotopic (exact) mass is 290 g/mol. The molecule has 0 saturated carbocycles. The van der Waals surface area contributed by atoms with Gasteiger partial charge in [0.2, 0.25) is 0 Å². The molecular formula is C13H14N4O2S. The fraction of sp³-hybridized carbons (Fsp3) is 0.231. The number of aromatic nitrogens is 2. The minimum absolute atomic E-state index is 0.164. The summed E-state index contributed by atoms with van der Waals surface area (Å²) in [5.41, 5.74) is 1.85. The zero-order valence-corrected chi connectivity index (χ0v) is 12.0. The summed E-state index contributed by atoms with van der Waals surface area (Å²) in [4.78, 5) is 24.0. The molecule has 1 aromatic carbocycles. The Hall–Kier alpha value is -2.28. The van der Waals surface area contributed by atoms with E-state index in [1.54, 1.807) is 31.3 Å². The zero-order chi connectivity index (χ0) is 14.5. The van der Waals surface area contributed by atoms with Gasteiger partial charge in [-0.25, -0.2) is 0 Å². The molecule has 0 atom stereocenters. The first kappa shape index (κ1) is 14.1. The lowest BCUT2D eigenvalue weighted by atomic mass is 10.2. The summed E-state index contributed by atoms with van der Waals surface area (Å²) in [7, 11) is 1.57. The number of carbonyl (C=O) groups excluding carboxylic acids is 2. The van der Waals surface area contributed by atoms with Gasteiger partial charge in [0.1, 0.15) is 4.88 Å². The topological polar surface area (TPSA) is 84.0 Å². The van der Waals surface area contributed by atoms with E-state index in [0.717, 1.165) is 11.5 Å². The molecule has 6 nitrogen and oxygen atoms in total. The number of benzene rings is 1. The van der Waals surface area contributed by atoms with E-state index in [-0.39, 0.29) is 11.8 Å². The van der Waals surface area contributed by atoms with Crippen LogP contribution in [0.4, 0.5) is 5.69 Å². The fourth-order valence-corrected chi connectivity index (χ4v) is 2.30. The molecule has 1 aromatic heterocycles. The first-order valence-electron chi connectivity index (χ1n) is 6.10. The van der Waals surface area contributed by atoms with Crippen molar-refractivity contribution in [2.45, 2.75) is 13.3 Å². The molecule has 20 heavy (non-hydrogen) atoms. The summed E-state index contributed by atoms with van der Waals surface area (Å²) in [5.74, 6) is -0.396. The highest BCUT2D eigenvalue weighted by Crippen LogP contribution is 2.15. The Morgan fingerprint density at radius 1 is 1.20 bits per heavy atom. The molecule has 0 fully saturated rings. The van der Waals surface area contributed by atoms with E-state index in [1.165, 1.54) is 0 Å². The molecule has 104 valence electrons. The molecule has 0 bridgehead atoms. The molecule has 0 aliphatic carbocycles. The van der Waals surface area contributed by atoms with Crippen molar-refractivity contribution in [1.29, 1.82) is 0 Å². The van der Waals surface area contributed by atoms with Crippen LogP contribution in [0.25, 0.3) is 0 Å². The van der Waals surface area contributed by atoms with Gasteiger partial charge in [-0.05, 0) is 42.2 Å². The smallest absolute Gasteiger partial charge is 0.269 e. The van der Waals surface area contributed by atoms with Crippen LogP contribution in [0.3, 0.4) is 0 Å². The van der Waals surface area contributed by atoms with Crippen LogP contribution in [0.5, 0.6) is 0 Å². The third-order valence-electron chi connectivity index (χ3n) is 2.73. The lowest BCUT2D eigenvalue weighted by Gasteiger charge is -2.05. The summed E-state index contributed by atoms with van der Waals surface area (Å²) in [6, 6.07) is 6.67. The molecule has 2 aromatic rings. The van der Waals surface area contributed by atoms with E-state index < -0.39 is 0 Å². The SMILES string of the molecule is CCc1nnsc1C(=O)Nc1ccc(C(=O)NC)cc1. The van der Waals surface area contributed by atoms with E-state index in [0.29, 0.717) is 28.2 Å². The number of amides is 2. The second-order valence-corrected chi connectivity index (χ2v) is 4.77. The molecule has 0 unspecified atom stereocenters. The Balaban J connectivity index is 2.10. The van der Waals surface area contributed by atoms with Crippen LogP contribution >= 0.6 is 11.5 Å². The Labute approximate surface area is 120 Å². The number of hydrogen-bond donors (Lipinski definition) is 2. The quantitative estimate of drug-likeness (QED) is 0.898. The summed E-state index contributed by atoms with van der Waals surface area (Å²) in [6.45, 7) is 1.92. The van der Waals surface area contributed by atoms with Gasteiger partial charge in [-0.1, -0.05) is 11.4 Å². The van der Waals surface area contributed by atoms with Gasteiger partial charge in [0, 0.05) is 18.3 Å². The molecule has 0 radical (unpaired) electrons. The van der Waals surface area contributed by atoms with Crippen molar-refractivity contribution in [2.75, 3.05) is 12.4 Å². The number of aryl methyl sites for hydroxylation is 1. The summed E-state index contributed by atoms with van der Waals surface area (Å²) in [5, 5.41) is 9.20. The molecule has 2 amide bonds. The maximum Gasteiger partial charge on any atom is 0.269 e. The standard InChI is InChI=1S/C13H14N4O2S/c1-3-10-11(20-17-16-10)13(19)15-9-6-4-8(5-7-9)12(18)14-2/h4-7H,3H2,1-2H3,(H,14,18)(H,15,19). The first-order chi connectivity index (χ1) is 9.65. The number of carbonyl (C=O) groups is 2. The van der Waals surface area contributed by atoms with Gasteiger partial charge < -0.3 is 10.6 Å². The van der Waals surface area contributed by atoms with E-state index in [2.05, 4.69) is 20.2 Å². The van der Waals surface area contributed by atoms with Gasteiger partial charge in [-0.3, -0.25) is 9.59 Å². The van der Waals surface area contributed by atoms with Crippen molar-refractivity contribution >= 4 is 29.0 Å². The van der Waals surface area contributed by atoms with Gasteiger partial charge in [-0.15, -0.1) is 5.10 Å². The zero-order valence-electron chi connectivity index (χ0n) is 11.1. The molecule has 0 aliphatic rings. The molecular weight excluding hydrogens is 276 g/mol. The van der Waals surface area contributed by atoms with Crippen LogP contribution < -0.4 is 10.6 Å². The predicted molar refractivity (Wildman–Crippen MR) is 77.1 cm³/mol. The van der Waals surface area contributed by atoms with Crippen LogP contribution in [0.1, 0.15) is 32.6 Å². The number of nitrogens with zero attached hydrogens (tertiary/aromatic N) is 2. The molecule has 1 heterocycles. The van der Waals surface area contributed by atoms with Crippen molar-refractivity contribution in [3.05, 3.63) is 40.4 Å². The largest absolute Gasteiger partial charge is 0.355 e. The van der Waals surface area contributed by atoms with Crippen molar-refractivity contribution in [1.82, 2.24) is 14.9 Å². The van der Waals surface area contributed by atoms with Crippen LogP contribution in [0.15, 0.2) is 24.3 Å². The summed E-state index contributed by atoms with van der Waals surface area (Å²) in [6.07, 6.45) is 0.662. The van der Waals surface area contributed by atoms with Gasteiger partial charge in [0.25, 0.3) is 11.8 Å². The highest BCUT2D eigenvalue weighted by molar-refractivity contribution is 7.08. The summed E-state index contributed by atoms with van der Waals surface area (Å²) >= 11 is 1.08. The number of nitrogens with one attached hydrogen (secondary N) is 2. The van der Waals surface area contributed by atoms with Gasteiger partial charge in [0.05, 0.1) is 5.69 Å². The van der Waals surface area contributed by atoms with Crippen molar-refractivity contribution in [2.24, 2.45) is 0 Å². The van der Waals surface area contributed by atoms with E-state index >= 15 is 0 Å². The Morgan fingerprint density at radius 3 is 2.50 bits per heavy atom. The highest BCUT2D eigenvalue weighted by atomic mass is 32.1. The lowest BCUT2D eigenvalue weighted by molar-refractivity contribution is 0.0962. The second kappa shape index (κ2) is 6.25. The predicted octanol–water partition coefficient (Wildman–Crippen LogP) is 1.71. The first-order valence-corrected chi connectivity index (χ1v) is 6.87.